The molecule has 5 nitrogen and oxygen atoms in total. The van der Waals surface area contributed by atoms with E-state index in [-0.39, 0.29) is 39.9 Å². The van der Waals surface area contributed by atoms with Gasteiger partial charge in [0.05, 0.1) is 23.1 Å². The summed E-state index contributed by atoms with van der Waals surface area (Å²) >= 11 is 6.34. The van der Waals surface area contributed by atoms with Gasteiger partial charge in [-0.15, -0.1) is 0 Å². The van der Waals surface area contributed by atoms with E-state index in [1.54, 1.807) is 20.8 Å². The molecule has 0 aromatic heterocycles. The number of fused-ring (bicyclic) bond motifs is 3. The molecule has 3 N–H and O–H groups in total. The lowest BCUT2D eigenvalue weighted by Crippen LogP contribution is -2.33. The molecule has 6 heteroatoms. The van der Waals surface area contributed by atoms with Crippen molar-refractivity contribution in [2.75, 3.05) is 0 Å². The second-order valence-corrected chi connectivity index (χ2v) is 9.03. The van der Waals surface area contributed by atoms with Gasteiger partial charge in [0, 0.05) is 11.1 Å². The molecular formula is C23H29ClO5. The number of ether oxygens (including phenoxy) is 1. The minimum Gasteiger partial charge on any atom is -0.507 e. The van der Waals surface area contributed by atoms with E-state index < -0.39 is 23.7 Å². The largest absolute Gasteiger partial charge is 0.507 e. The van der Waals surface area contributed by atoms with E-state index in [1.807, 2.05) is 26.0 Å². The van der Waals surface area contributed by atoms with Gasteiger partial charge in [-0.3, -0.25) is 4.79 Å². The summed E-state index contributed by atoms with van der Waals surface area (Å²) in [5, 5.41) is 32.9. The number of phenolic OH excluding ortho intramolecular Hbond substituents is 2. The Kier molecular flexibility index (Phi) is 5.87. The van der Waals surface area contributed by atoms with E-state index in [2.05, 4.69) is 0 Å². The Bertz CT molecular complexity index is 913. The smallest absolute Gasteiger partial charge is 0.173 e. The van der Waals surface area contributed by atoms with Crippen molar-refractivity contribution in [1.29, 1.82) is 0 Å². The molecule has 1 aromatic carbocycles. The number of benzene rings is 1. The third-order valence-electron chi connectivity index (χ3n) is 6.16. The molecule has 3 atom stereocenters. The second-order valence-electron chi connectivity index (χ2n) is 8.65. The van der Waals surface area contributed by atoms with Gasteiger partial charge in [0.15, 0.2) is 5.78 Å². The Morgan fingerprint density at radius 2 is 1.79 bits per heavy atom. The van der Waals surface area contributed by atoms with Crippen LogP contribution in [-0.2, 0) is 16.0 Å². The summed E-state index contributed by atoms with van der Waals surface area (Å²) in [6.45, 7) is 8.90. The van der Waals surface area contributed by atoms with Crippen LogP contribution in [0.2, 0.25) is 5.02 Å². The highest BCUT2D eigenvalue weighted by atomic mass is 35.5. The van der Waals surface area contributed by atoms with Crippen LogP contribution in [0, 0.1) is 12.8 Å². The van der Waals surface area contributed by atoms with E-state index in [1.165, 1.54) is 0 Å². The quantitative estimate of drug-likeness (QED) is 0.530. The van der Waals surface area contributed by atoms with Crippen LogP contribution in [0.5, 0.6) is 11.5 Å². The first-order valence-electron chi connectivity index (χ1n) is 9.92. The first-order valence-corrected chi connectivity index (χ1v) is 10.3. The summed E-state index contributed by atoms with van der Waals surface area (Å²) in [7, 11) is 0. The van der Waals surface area contributed by atoms with Gasteiger partial charge in [-0.05, 0) is 65.0 Å². The highest BCUT2D eigenvalue weighted by molar-refractivity contribution is 6.33. The molecule has 0 saturated carbocycles. The number of aromatic hydroxyl groups is 2. The minimum absolute atomic E-state index is 0.0715. The lowest BCUT2D eigenvalue weighted by molar-refractivity contribution is -0.132. The number of carbonyl (C=O) groups is 1. The van der Waals surface area contributed by atoms with Crippen molar-refractivity contribution in [1.82, 2.24) is 0 Å². The van der Waals surface area contributed by atoms with Crippen molar-refractivity contribution in [2.24, 2.45) is 5.92 Å². The molecule has 0 unspecified atom stereocenters. The third-order valence-corrected chi connectivity index (χ3v) is 6.62. The summed E-state index contributed by atoms with van der Waals surface area (Å²) in [6.07, 6.45) is 3.89. The molecule has 1 saturated heterocycles. The fourth-order valence-electron chi connectivity index (χ4n) is 4.31. The van der Waals surface area contributed by atoms with Gasteiger partial charge in [0.1, 0.15) is 17.1 Å². The van der Waals surface area contributed by atoms with Gasteiger partial charge < -0.3 is 20.1 Å². The molecule has 1 aromatic rings. The van der Waals surface area contributed by atoms with Crippen molar-refractivity contribution in [3.8, 4) is 11.5 Å². The van der Waals surface area contributed by atoms with Crippen molar-refractivity contribution < 1.29 is 24.9 Å². The van der Waals surface area contributed by atoms with Crippen LogP contribution >= 0.6 is 11.6 Å². The molecule has 2 bridgehead atoms. The fourth-order valence-corrected chi connectivity index (χ4v) is 4.53. The van der Waals surface area contributed by atoms with Gasteiger partial charge in [-0.2, -0.15) is 0 Å². The Morgan fingerprint density at radius 1 is 1.14 bits per heavy atom. The predicted octanol–water partition coefficient (Wildman–Crippen LogP) is 4.68. The predicted molar refractivity (Wildman–Crippen MR) is 112 cm³/mol. The number of hydrogen-bond donors (Lipinski definition) is 3. The lowest BCUT2D eigenvalue weighted by Gasteiger charge is -2.26. The Morgan fingerprint density at radius 3 is 2.45 bits per heavy atom. The Hall–Kier alpha value is -1.82. The number of carbonyl (C=O) groups excluding carboxylic acids is 1. The molecule has 1 aliphatic heterocycles. The molecule has 158 valence electrons. The van der Waals surface area contributed by atoms with E-state index >= 15 is 0 Å². The first kappa shape index (κ1) is 21.9. The molecule has 1 heterocycles. The van der Waals surface area contributed by atoms with Crippen LogP contribution < -0.4 is 0 Å². The van der Waals surface area contributed by atoms with Crippen LogP contribution in [0.3, 0.4) is 0 Å². The summed E-state index contributed by atoms with van der Waals surface area (Å²) in [6, 6.07) is 0. The summed E-state index contributed by atoms with van der Waals surface area (Å²) < 4.78 is 6.06. The number of hydrogen-bond acceptors (Lipinski definition) is 5. The maximum Gasteiger partial charge on any atom is 0.173 e. The summed E-state index contributed by atoms with van der Waals surface area (Å²) in [5.41, 5.74) is 1.70. The summed E-state index contributed by atoms with van der Waals surface area (Å²) in [5.74, 6) is -1.53. The highest BCUT2D eigenvalue weighted by Gasteiger charge is 2.53. The van der Waals surface area contributed by atoms with Crippen LogP contribution in [0.1, 0.15) is 63.3 Å². The zero-order valence-corrected chi connectivity index (χ0v) is 18.3. The number of aliphatic hydroxyl groups is 1. The molecule has 0 amide bonds. The number of phenols is 2. The maximum atomic E-state index is 13.1. The highest BCUT2D eigenvalue weighted by Crippen LogP contribution is 2.49. The number of Topliss-reactive ketones (excluding diaryl/α,β-unsaturated/α-hetero) is 1. The average molecular weight is 421 g/mol. The lowest BCUT2D eigenvalue weighted by atomic mass is 9.80. The van der Waals surface area contributed by atoms with E-state index in [9.17, 15) is 20.1 Å². The van der Waals surface area contributed by atoms with Crippen molar-refractivity contribution >= 4 is 17.4 Å². The SMILES string of the molecule is C/C1=C\Cc2c(O)c(Cl)c(C)c(c2O)[C@@H](O)[C@H]2C(=O)C(C)(C)O[C@@H]2/C(C)=C/CC1. The number of halogens is 1. The molecule has 2 aliphatic rings. The normalized spacial score (nSPS) is 30.9. The third kappa shape index (κ3) is 3.72. The number of allylic oxidation sites excluding steroid dienone is 3. The Labute approximate surface area is 176 Å². The number of aliphatic hydroxyl groups excluding tert-OH is 1. The zero-order chi connectivity index (χ0) is 21.7. The Balaban J connectivity index is 2.27. The van der Waals surface area contributed by atoms with Crippen LogP contribution in [0.4, 0.5) is 0 Å². The van der Waals surface area contributed by atoms with E-state index in [0.29, 0.717) is 5.56 Å². The van der Waals surface area contributed by atoms with Gasteiger partial charge >= 0.3 is 0 Å². The minimum atomic E-state index is -1.32. The van der Waals surface area contributed by atoms with Gasteiger partial charge in [0.25, 0.3) is 0 Å². The van der Waals surface area contributed by atoms with Crippen molar-refractivity contribution in [3.05, 3.63) is 45.0 Å². The van der Waals surface area contributed by atoms with Crippen LogP contribution in [-0.4, -0.2) is 32.8 Å². The zero-order valence-electron chi connectivity index (χ0n) is 17.5. The topological polar surface area (TPSA) is 87.0 Å². The standard InChI is InChI=1S/C23H29ClO5/c1-11-7-6-8-12(2)21-16(22(28)23(4,5)29-21)20(27)15-13(3)17(24)19(26)14(10-9-11)18(15)25/h8-9,16,20-21,25-27H,6-7,10H2,1-5H3/b11-9+,12-8+/t16-,20-,21-/m1/s1. The van der Waals surface area contributed by atoms with Gasteiger partial charge in [-0.1, -0.05) is 29.3 Å². The molecule has 0 spiro atoms. The maximum absolute atomic E-state index is 13.1. The molecular weight excluding hydrogens is 392 g/mol. The molecule has 0 radical (unpaired) electrons. The van der Waals surface area contributed by atoms with Crippen molar-refractivity contribution in [3.63, 3.8) is 0 Å². The first-order chi connectivity index (χ1) is 13.5. The van der Waals surface area contributed by atoms with E-state index in [4.69, 9.17) is 16.3 Å². The average Bonchev–Trinajstić information content (AvgIpc) is 2.89. The van der Waals surface area contributed by atoms with Crippen LogP contribution in [0.15, 0.2) is 23.3 Å². The fraction of sp³-hybridized carbons (Fsp3) is 0.522. The number of rotatable bonds is 0. The number of ketones is 1. The monoisotopic (exact) mass is 420 g/mol. The van der Waals surface area contributed by atoms with E-state index in [0.717, 1.165) is 24.0 Å². The molecule has 3 rings (SSSR count). The van der Waals surface area contributed by atoms with Gasteiger partial charge in [-0.25, -0.2) is 0 Å². The molecule has 1 aliphatic carbocycles. The molecule has 1 fully saturated rings. The summed E-state index contributed by atoms with van der Waals surface area (Å²) in [4.78, 5) is 13.1. The van der Waals surface area contributed by atoms with Crippen molar-refractivity contribution in [2.45, 2.75) is 71.7 Å². The molecule has 29 heavy (non-hydrogen) atoms. The van der Waals surface area contributed by atoms with Crippen LogP contribution in [0.25, 0.3) is 0 Å². The van der Waals surface area contributed by atoms with Gasteiger partial charge in [0.2, 0.25) is 0 Å². The second kappa shape index (κ2) is 7.78.